The van der Waals surface area contributed by atoms with Gasteiger partial charge in [-0.2, -0.15) is 0 Å². The van der Waals surface area contributed by atoms with Gasteiger partial charge in [-0.05, 0) is 43.4 Å². The number of fused-ring (bicyclic) bond motifs is 2. The molecule has 0 radical (unpaired) electrons. The van der Waals surface area contributed by atoms with Crippen LogP contribution in [0.1, 0.15) is 39.5 Å². The summed E-state index contributed by atoms with van der Waals surface area (Å²) in [6.45, 7) is 5.24. The summed E-state index contributed by atoms with van der Waals surface area (Å²) in [6, 6.07) is 0.124. The molecule has 0 aromatic rings. The summed E-state index contributed by atoms with van der Waals surface area (Å²) in [5.74, 6) is 2.10. The van der Waals surface area contributed by atoms with Crippen LogP contribution in [-0.2, 0) is 0 Å². The van der Waals surface area contributed by atoms with Crippen LogP contribution in [0.2, 0.25) is 0 Å². The zero-order valence-corrected chi connectivity index (χ0v) is 11.5. The minimum Gasteiger partial charge on any atom is -0.396 e. The molecule has 2 amide bonds. The lowest BCUT2D eigenvalue weighted by Crippen LogP contribution is -2.49. The molecule has 0 heterocycles. The van der Waals surface area contributed by atoms with Gasteiger partial charge in [0.05, 0.1) is 0 Å². The van der Waals surface area contributed by atoms with Gasteiger partial charge in [-0.25, -0.2) is 4.79 Å². The van der Waals surface area contributed by atoms with Crippen LogP contribution in [0.5, 0.6) is 0 Å². The van der Waals surface area contributed by atoms with E-state index in [9.17, 15) is 9.90 Å². The van der Waals surface area contributed by atoms with Gasteiger partial charge in [0.15, 0.2) is 0 Å². The second-order valence-electron chi connectivity index (χ2n) is 6.29. The van der Waals surface area contributed by atoms with Crippen molar-refractivity contribution >= 4 is 6.03 Å². The predicted molar refractivity (Wildman–Crippen MR) is 71.2 cm³/mol. The molecule has 4 atom stereocenters. The largest absolute Gasteiger partial charge is 0.396 e. The fraction of sp³-hybridized carbons (Fsp3) is 0.929. The Balaban J connectivity index is 1.76. The quantitative estimate of drug-likeness (QED) is 0.700. The lowest BCUT2D eigenvalue weighted by Gasteiger charge is -2.30. The van der Waals surface area contributed by atoms with E-state index >= 15 is 0 Å². The van der Waals surface area contributed by atoms with Gasteiger partial charge < -0.3 is 15.7 Å². The number of carbonyl (C=O) groups is 1. The summed E-state index contributed by atoms with van der Waals surface area (Å²) >= 11 is 0. The zero-order chi connectivity index (χ0) is 13.1. The maximum absolute atomic E-state index is 11.8. The number of carbonyl (C=O) groups excluding carboxylic acids is 1. The maximum Gasteiger partial charge on any atom is 0.315 e. The third-order valence-electron chi connectivity index (χ3n) is 4.60. The van der Waals surface area contributed by atoms with Crippen LogP contribution in [0.15, 0.2) is 0 Å². The first-order chi connectivity index (χ1) is 8.61. The fourth-order valence-electron chi connectivity index (χ4n) is 3.57. The molecule has 2 rings (SSSR count). The topological polar surface area (TPSA) is 61.4 Å². The first kappa shape index (κ1) is 13.7. The molecule has 0 aliphatic heterocycles. The van der Waals surface area contributed by atoms with Crippen molar-refractivity contribution in [1.82, 2.24) is 10.6 Å². The number of urea groups is 1. The highest BCUT2D eigenvalue weighted by Crippen LogP contribution is 2.48. The van der Waals surface area contributed by atoms with Gasteiger partial charge in [0.1, 0.15) is 0 Å². The van der Waals surface area contributed by atoms with Crippen LogP contribution < -0.4 is 10.6 Å². The normalized spacial score (nSPS) is 34.0. The van der Waals surface area contributed by atoms with E-state index in [1.54, 1.807) is 0 Å². The smallest absolute Gasteiger partial charge is 0.315 e. The molecule has 0 saturated heterocycles. The van der Waals surface area contributed by atoms with Gasteiger partial charge in [0.25, 0.3) is 0 Å². The number of aliphatic hydroxyl groups excluding tert-OH is 1. The Kier molecular flexibility index (Phi) is 4.49. The molecule has 0 aromatic heterocycles. The van der Waals surface area contributed by atoms with Crippen molar-refractivity contribution in [3.63, 3.8) is 0 Å². The van der Waals surface area contributed by atoms with Gasteiger partial charge in [-0.15, -0.1) is 0 Å². The molecule has 4 unspecified atom stereocenters. The minimum atomic E-state index is -0.0633. The third kappa shape index (κ3) is 2.97. The first-order valence-corrected chi connectivity index (χ1v) is 7.27. The van der Waals surface area contributed by atoms with Crippen molar-refractivity contribution in [3.05, 3.63) is 0 Å². The molecule has 3 N–H and O–H groups in total. The van der Waals surface area contributed by atoms with Gasteiger partial charge in [-0.1, -0.05) is 13.8 Å². The molecule has 2 fully saturated rings. The average Bonchev–Trinajstić information content (AvgIpc) is 2.88. The van der Waals surface area contributed by atoms with Crippen LogP contribution >= 0.6 is 0 Å². The molecule has 104 valence electrons. The van der Waals surface area contributed by atoms with E-state index in [1.807, 2.05) is 0 Å². The second kappa shape index (κ2) is 5.91. The van der Waals surface area contributed by atoms with E-state index in [-0.39, 0.29) is 24.6 Å². The van der Waals surface area contributed by atoms with Crippen molar-refractivity contribution in [2.24, 2.45) is 23.7 Å². The van der Waals surface area contributed by atoms with Crippen molar-refractivity contribution < 1.29 is 9.90 Å². The molecule has 2 saturated carbocycles. The number of nitrogens with one attached hydrogen (secondary N) is 2. The van der Waals surface area contributed by atoms with E-state index in [0.717, 1.165) is 13.0 Å². The molecule has 4 nitrogen and oxygen atoms in total. The van der Waals surface area contributed by atoms with E-state index < -0.39 is 0 Å². The summed E-state index contributed by atoms with van der Waals surface area (Å²) in [4.78, 5) is 11.8. The first-order valence-electron chi connectivity index (χ1n) is 7.27. The number of amides is 2. The highest BCUT2D eigenvalue weighted by molar-refractivity contribution is 5.74. The van der Waals surface area contributed by atoms with E-state index in [0.29, 0.717) is 17.8 Å². The number of aliphatic hydroxyl groups is 1. The van der Waals surface area contributed by atoms with Gasteiger partial charge in [0, 0.05) is 25.1 Å². The average molecular weight is 254 g/mol. The zero-order valence-electron chi connectivity index (χ0n) is 11.5. The lowest BCUT2D eigenvalue weighted by atomic mass is 9.85. The summed E-state index contributed by atoms with van der Waals surface area (Å²) in [7, 11) is 0. The van der Waals surface area contributed by atoms with Gasteiger partial charge in [-0.3, -0.25) is 0 Å². The molecular formula is C14H26N2O2. The standard InChI is InChI=1S/C14H26N2O2/c1-9(2)5-6-15-14(18)16-13-11-4-3-10(7-11)12(13)8-17/h9-13,17H,3-8H2,1-2H3,(H2,15,16,18). The lowest BCUT2D eigenvalue weighted by molar-refractivity contribution is 0.144. The van der Waals surface area contributed by atoms with Crippen LogP contribution in [-0.4, -0.2) is 30.3 Å². The Morgan fingerprint density at radius 1 is 1.33 bits per heavy atom. The van der Waals surface area contributed by atoms with Gasteiger partial charge >= 0.3 is 6.03 Å². The number of rotatable bonds is 5. The highest BCUT2D eigenvalue weighted by Gasteiger charge is 2.47. The maximum atomic E-state index is 11.8. The molecule has 4 heteroatoms. The Morgan fingerprint density at radius 3 is 2.72 bits per heavy atom. The Morgan fingerprint density at radius 2 is 2.06 bits per heavy atom. The summed E-state index contributed by atoms with van der Waals surface area (Å²) < 4.78 is 0. The fourth-order valence-corrected chi connectivity index (χ4v) is 3.57. The van der Waals surface area contributed by atoms with Crippen LogP contribution in [0.25, 0.3) is 0 Å². The highest BCUT2D eigenvalue weighted by atomic mass is 16.3. The summed E-state index contributed by atoms with van der Waals surface area (Å²) in [6.07, 6.45) is 4.62. The number of hydrogen-bond donors (Lipinski definition) is 3. The van der Waals surface area contributed by atoms with Crippen LogP contribution in [0.3, 0.4) is 0 Å². The van der Waals surface area contributed by atoms with E-state index in [4.69, 9.17) is 0 Å². The Labute approximate surface area is 110 Å². The van der Waals surface area contributed by atoms with Crippen LogP contribution in [0.4, 0.5) is 4.79 Å². The van der Waals surface area contributed by atoms with E-state index in [1.165, 1.54) is 19.3 Å². The van der Waals surface area contributed by atoms with Crippen molar-refractivity contribution in [3.8, 4) is 0 Å². The molecule has 2 bridgehead atoms. The third-order valence-corrected chi connectivity index (χ3v) is 4.60. The molecular weight excluding hydrogens is 228 g/mol. The summed E-state index contributed by atoms with van der Waals surface area (Å²) in [5.41, 5.74) is 0. The van der Waals surface area contributed by atoms with E-state index in [2.05, 4.69) is 24.5 Å². The van der Waals surface area contributed by atoms with Crippen molar-refractivity contribution in [2.45, 2.75) is 45.6 Å². The SMILES string of the molecule is CC(C)CCNC(=O)NC1C2CCC(C2)C1CO. The van der Waals surface area contributed by atoms with Crippen molar-refractivity contribution in [2.75, 3.05) is 13.2 Å². The van der Waals surface area contributed by atoms with Crippen molar-refractivity contribution in [1.29, 1.82) is 0 Å². The van der Waals surface area contributed by atoms with Crippen LogP contribution in [0, 0.1) is 23.7 Å². The second-order valence-corrected chi connectivity index (χ2v) is 6.29. The monoisotopic (exact) mass is 254 g/mol. The number of hydrogen-bond acceptors (Lipinski definition) is 2. The predicted octanol–water partition coefficient (Wildman–Crippen LogP) is 1.74. The van der Waals surface area contributed by atoms with Gasteiger partial charge in [0.2, 0.25) is 0 Å². The molecule has 0 aromatic carbocycles. The minimum absolute atomic E-state index is 0.0633. The molecule has 2 aliphatic carbocycles. The molecule has 0 spiro atoms. The Bertz CT molecular complexity index is 294. The Hall–Kier alpha value is -0.770. The molecule has 2 aliphatic rings. The summed E-state index contributed by atoms with van der Waals surface area (Å²) in [5, 5.41) is 15.4. The molecule has 18 heavy (non-hydrogen) atoms.